The summed E-state index contributed by atoms with van der Waals surface area (Å²) in [6.45, 7) is 2.02. The largest absolute Gasteiger partial charge is 0.493 e. The number of rotatable bonds is 7. The number of ether oxygens (including phenoxy) is 2. The molecule has 0 radical (unpaired) electrons. The van der Waals surface area contributed by atoms with Crippen molar-refractivity contribution in [2.45, 2.75) is 13.1 Å². The van der Waals surface area contributed by atoms with Crippen LogP contribution in [0.15, 0.2) is 41.4 Å². The molecule has 2 aromatic carbocycles. The first-order valence-corrected chi connectivity index (χ1v) is 8.90. The molecule has 2 aromatic rings. The summed E-state index contributed by atoms with van der Waals surface area (Å²) in [4.78, 5) is 16.7. The van der Waals surface area contributed by atoms with Gasteiger partial charge in [-0.25, -0.2) is 4.39 Å². The molecule has 7 nitrogen and oxygen atoms in total. The quantitative estimate of drug-likeness (QED) is 0.676. The molecular formula is C20H23FN4O3. The van der Waals surface area contributed by atoms with E-state index in [4.69, 9.17) is 9.47 Å². The van der Waals surface area contributed by atoms with Crippen molar-refractivity contribution >= 4 is 11.9 Å². The predicted molar refractivity (Wildman–Crippen MR) is 104 cm³/mol. The van der Waals surface area contributed by atoms with Gasteiger partial charge in [-0.3, -0.25) is 9.79 Å². The minimum Gasteiger partial charge on any atom is -0.493 e. The van der Waals surface area contributed by atoms with Crippen molar-refractivity contribution in [2.24, 2.45) is 4.99 Å². The van der Waals surface area contributed by atoms with Crippen LogP contribution in [0.5, 0.6) is 11.5 Å². The van der Waals surface area contributed by atoms with E-state index in [2.05, 4.69) is 20.9 Å². The van der Waals surface area contributed by atoms with Crippen molar-refractivity contribution in [1.29, 1.82) is 0 Å². The van der Waals surface area contributed by atoms with Crippen molar-refractivity contribution < 1.29 is 18.7 Å². The second kappa shape index (κ2) is 9.07. The van der Waals surface area contributed by atoms with Crippen molar-refractivity contribution in [3.63, 3.8) is 0 Å². The Morgan fingerprint density at radius 1 is 1.14 bits per heavy atom. The van der Waals surface area contributed by atoms with E-state index in [9.17, 15) is 9.18 Å². The molecule has 0 saturated carbocycles. The summed E-state index contributed by atoms with van der Waals surface area (Å²) >= 11 is 0. The molecule has 0 atom stereocenters. The normalized spacial score (nSPS) is 12.8. The van der Waals surface area contributed by atoms with E-state index in [0.29, 0.717) is 41.7 Å². The second-order valence-corrected chi connectivity index (χ2v) is 6.19. The number of hydrogen-bond donors (Lipinski definition) is 3. The van der Waals surface area contributed by atoms with Crippen molar-refractivity contribution in [2.75, 3.05) is 27.3 Å². The minimum absolute atomic E-state index is 0.245. The lowest BCUT2D eigenvalue weighted by atomic mass is 10.1. The molecule has 0 aromatic heterocycles. The first-order valence-electron chi connectivity index (χ1n) is 8.90. The van der Waals surface area contributed by atoms with Gasteiger partial charge >= 0.3 is 0 Å². The van der Waals surface area contributed by atoms with E-state index in [1.54, 1.807) is 32.4 Å². The number of aliphatic imine (C=N–C) groups is 1. The Hall–Kier alpha value is -3.29. The lowest BCUT2D eigenvalue weighted by Gasteiger charge is -2.11. The summed E-state index contributed by atoms with van der Waals surface area (Å²) < 4.78 is 24.5. The standard InChI is InChI=1S/C20H23FN4O3/c1-27-17-6-3-13(9-18(17)28-2)11-24-19(26)14-4-5-16(21)15(10-14)12-25-20-22-7-8-23-20/h3-6,9-10H,7-8,11-12H2,1-2H3,(H,24,26)(H2,22,23,25). The Kier molecular flexibility index (Phi) is 6.31. The van der Waals surface area contributed by atoms with Gasteiger partial charge in [0.1, 0.15) is 5.82 Å². The number of benzene rings is 2. The molecule has 3 N–H and O–H groups in total. The Balaban J connectivity index is 1.63. The monoisotopic (exact) mass is 386 g/mol. The molecule has 148 valence electrons. The van der Waals surface area contributed by atoms with Crippen LogP contribution in [0.3, 0.4) is 0 Å². The minimum atomic E-state index is -0.373. The molecule has 1 aliphatic rings. The molecule has 0 saturated heterocycles. The molecule has 0 bridgehead atoms. The van der Waals surface area contributed by atoms with Crippen LogP contribution < -0.4 is 25.4 Å². The molecule has 28 heavy (non-hydrogen) atoms. The van der Waals surface area contributed by atoms with Gasteiger partial charge in [0.05, 0.1) is 20.8 Å². The van der Waals surface area contributed by atoms with Crippen LogP contribution in [0, 0.1) is 5.82 Å². The number of carbonyl (C=O) groups is 1. The van der Waals surface area contributed by atoms with Crippen LogP contribution in [-0.4, -0.2) is 39.2 Å². The van der Waals surface area contributed by atoms with Crippen molar-refractivity contribution in [3.8, 4) is 11.5 Å². The molecule has 8 heteroatoms. The third kappa shape index (κ3) is 4.70. The SMILES string of the molecule is COc1ccc(CNC(=O)c2ccc(F)c(CNC3=NCCN3)c2)cc1OC. The van der Waals surface area contributed by atoms with Crippen LogP contribution >= 0.6 is 0 Å². The van der Waals surface area contributed by atoms with Gasteiger partial charge in [-0.1, -0.05) is 6.07 Å². The number of carbonyl (C=O) groups excluding carboxylic acids is 1. The number of halogens is 1. The average Bonchev–Trinajstić information content (AvgIpc) is 3.24. The highest BCUT2D eigenvalue weighted by atomic mass is 19.1. The van der Waals surface area contributed by atoms with Crippen LogP contribution in [0.25, 0.3) is 0 Å². The van der Waals surface area contributed by atoms with E-state index in [1.807, 2.05) is 6.07 Å². The predicted octanol–water partition coefficient (Wildman–Crippen LogP) is 1.82. The van der Waals surface area contributed by atoms with Crippen LogP contribution in [0.1, 0.15) is 21.5 Å². The summed E-state index contributed by atoms with van der Waals surface area (Å²) in [7, 11) is 3.12. The summed E-state index contributed by atoms with van der Waals surface area (Å²) in [6.07, 6.45) is 0. The number of hydrogen-bond acceptors (Lipinski definition) is 6. The Morgan fingerprint density at radius 2 is 1.96 bits per heavy atom. The maximum atomic E-state index is 14.1. The van der Waals surface area contributed by atoms with Gasteiger partial charge < -0.3 is 25.4 Å². The first-order chi connectivity index (χ1) is 13.6. The third-order valence-electron chi connectivity index (χ3n) is 4.33. The Labute approximate surface area is 163 Å². The summed E-state index contributed by atoms with van der Waals surface area (Å²) in [5, 5.41) is 8.92. The van der Waals surface area contributed by atoms with E-state index >= 15 is 0 Å². The fourth-order valence-corrected chi connectivity index (χ4v) is 2.82. The highest BCUT2D eigenvalue weighted by Gasteiger charge is 2.12. The number of nitrogens with zero attached hydrogens (tertiary/aromatic N) is 1. The zero-order valence-corrected chi connectivity index (χ0v) is 15.8. The van der Waals surface area contributed by atoms with Gasteiger partial charge in [0.2, 0.25) is 0 Å². The highest BCUT2D eigenvalue weighted by molar-refractivity contribution is 5.94. The Bertz CT molecular complexity index is 886. The van der Waals surface area contributed by atoms with Gasteiger partial charge in [-0.2, -0.15) is 0 Å². The first kappa shape index (κ1) is 19.5. The second-order valence-electron chi connectivity index (χ2n) is 6.19. The lowest BCUT2D eigenvalue weighted by molar-refractivity contribution is 0.0950. The number of nitrogens with one attached hydrogen (secondary N) is 3. The summed E-state index contributed by atoms with van der Waals surface area (Å²) in [6, 6.07) is 9.73. The number of guanidine groups is 1. The zero-order chi connectivity index (χ0) is 19.9. The maximum absolute atomic E-state index is 14.1. The van der Waals surface area contributed by atoms with Gasteiger partial charge in [0, 0.05) is 30.8 Å². The Morgan fingerprint density at radius 3 is 2.68 bits per heavy atom. The zero-order valence-electron chi connectivity index (χ0n) is 15.8. The molecule has 0 spiro atoms. The van der Waals surface area contributed by atoms with Crippen molar-refractivity contribution in [1.82, 2.24) is 16.0 Å². The smallest absolute Gasteiger partial charge is 0.251 e. The van der Waals surface area contributed by atoms with Crippen LogP contribution in [0.4, 0.5) is 4.39 Å². The molecule has 3 rings (SSSR count). The molecular weight excluding hydrogens is 363 g/mol. The van der Waals surface area contributed by atoms with Gasteiger partial charge in [0.15, 0.2) is 17.5 Å². The van der Waals surface area contributed by atoms with E-state index in [0.717, 1.165) is 12.1 Å². The third-order valence-corrected chi connectivity index (χ3v) is 4.33. The fourth-order valence-electron chi connectivity index (χ4n) is 2.82. The number of methoxy groups -OCH3 is 2. The fraction of sp³-hybridized carbons (Fsp3) is 0.300. The molecule has 0 aliphatic carbocycles. The topological polar surface area (TPSA) is 84.0 Å². The van der Waals surface area contributed by atoms with Crippen LogP contribution in [0.2, 0.25) is 0 Å². The van der Waals surface area contributed by atoms with E-state index < -0.39 is 0 Å². The van der Waals surface area contributed by atoms with Crippen molar-refractivity contribution in [3.05, 3.63) is 58.9 Å². The molecule has 0 fully saturated rings. The van der Waals surface area contributed by atoms with Crippen LogP contribution in [-0.2, 0) is 13.1 Å². The molecule has 1 heterocycles. The summed E-state index contributed by atoms with van der Waals surface area (Å²) in [5.41, 5.74) is 1.65. The number of amides is 1. The average molecular weight is 386 g/mol. The molecule has 1 aliphatic heterocycles. The summed E-state index contributed by atoms with van der Waals surface area (Å²) in [5.74, 6) is 1.19. The van der Waals surface area contributed by atoms with E-state index in [-0.39, 0.29) is 18.3 Å². The van der Waals surface area contributed by atoms with Gasteiger partial charge in [0.25, 0.3) is 5.91 Å². The molecule has 0 unspecified atom stereocenters. The maximum Gasteiger partial charge on any atom is 0.251 e. The highest BCUT2D eigenvalue weighted by Crippen LogP contribution is 2.27. The van der Waals surface area contributed by atoms with E-state index in [1.165, 1.54) is 12.1 Å². The van der Waals surface area contributed by atoms with Gasteiger partial charge in [-0.15, -0.1) is 0 Å². The van der Waals surface area contributed by atoms with Gasteiger partial charge in [-0.05, 0) is 35.9 Å². The molecule has 1 amide bonds. The lowest BCUT2D eigenvalue weighted by Crippen LogP contribution is -2.33.